The molecule has 0 unspecified atom stereocenters. The van der Waals surface area contributed by atoms with Crippen LogP contribution in [0.2, 0.25) is 0 Å². The molecule has 0 radical (unpaired) electrons. The first kappa shape index (κ1) is 18.7. The highest BCUT2D eigenvalue weighted by Gasteiger charge is 2.28. The quantitative estimate of drug-likeness (QED) is 0.857. The van der Waals surface area contributed by atoms with Crippen LogP contribution in [0.15, 0.2) is 12.4 Å². The predicted molar refractivity (Wildman–Crippen MR) is 96.5 cm³/mol. The zero-order chi connectivity index (χ0) is 19.8. The van der Waals surface area contributed by atoms with Crippen LogP contribution in [-0.2, 0) is 4.74 Å². The van der Waals surface area contributed by atoms with Gasteiger partial charge in [0.1, 0.15) is 11.2 Å². The number of fused-ring (bicyclic) bond motifs is 1. The number of aromatic carboxylic acids is 1. The van der Waals surface area contributed by atoms with E-state index in [1.165, 1.54) is 17.8 Å². The van der Waals surface area contributed by atoms with E-state index >= 15 is 0 Å². The number of carbonyl (C=O) groups excluding carboxylic acids is 1. The van der Waals surface area contributed by atoms with Gasteiger partial charge in [-0.3, -0.25) is 0 Å². The minimum Gasteiger partial charge on any atom is -0.491 e. The Morgan fingerprint density at radius 3 is 2.41 bits per heavy atom. The van der Waals surface area contributed by atoms with Crippen LogP contribution in [-0.4, -0.2) is 75.6 Å². The van der Waals surface area contributed by atoms with Crippen molar-refractivity contribution >= 4 is 23.5 Å². The van der Waals surface area contributed by atoms with Gasteiger partial charge in [-0.1, -0.05) is 0 Å². The van der Waals surface area contributed by atoms with E-state index in [-0.39, 0.29) is 17.3 Å². The smallest absolute Gasteiger partial charge is 0.410 e. The van der Waals surface area contributed by atoms with Crippen molar-refractivity contribution in [2.45, 2.75) is 26.4 Å². The molecule has 1 N–H and O–H groups in total. The Kier molecular flexibility index (Phi) is 4.81. The van der Waals surface area contributed by atoms with E-state index < -0.39 is 11.6 Å². The van der Waals surface area contributed by atoms with Crippen LogP contribution in [0.25, 0.3) is 5.65 Å². The molecule has 2 aromatic rings. The zero-order valence-corrected chi connectivity index (χ0v) is 15.8. The fourth-order valence-electron chi connectivity index (χ4n) is 2.83. The van der Waals surface area contributed by atoms with Crippen molar-refractivity contribution in [3.8, 4) is 5.75 Å². The van der Waals surface area contributed by atoms with E-state index in [1.807, 2.05) is 25.7 Å². The predicted octanol–water partition coefficient (Wildman–Crippen LogP) is 1.49. The second kappa shape index (κ2) is 6.93. The normalized spacial score (nSPS) is 15.1. The molecule has 1 saturated heterocycles. The number of aromatic nitrogens is 3. The van der Waals surface area contributed by atoms with Gasteiger partial charge in [-0.15, -0.1) is 0 Å². The summed E-state index contributed by atoms with van der Waals surface area (Å²) in [7, 11) is 1.52. The third-order valence-electron chi connectivity index (χ3n) is 4.12. The summed E-state index contributed by atoms with van der Waals surface area (Å²) in [5.74, 6) is -0.0894. The van der Waals surface area contributed by atoms with Gasteiger partial charge in [-0.05, 0) is 20.8 Å². The lowest BCUT2D eigenvalue weighted by molar-refractivity contribution is 0.0240. The highest BCUT2D eigenvalue weighted by atomic mass is 16.6. The Balaban J connectivity index is 1.81. The van der Waals surface area contributed by atoms with Crippen molar-refractivity contribution in [1.82, 2.24) is 19.5 Å². The van der Waals surface area contributed by atoms with Gasteiger partial charge in [0.15, 0.2) is 17.2 Å². The number of nitrogens with zero attached hydrogens (tertiary/aromatic N) is 5. The van der Waals surface area contributed by atoms with Gasteiger partial charge >= 0.3 is 12.1 Å². The standard InChI is InChI=1S/C17H23N5O5/c1-17(2,3)27-16(25)21-7-5-20(6-8-21)14-12(26-4)10-22-13(19-14)11(9-18-22)15(23)24/h9-10H,5-8H2,1-4H3,(H,23,24). The molecule has 146 valence electrons. The second-order valence-corrected chi connectivity index (χ2v) is 7.22. The summed E-state index contributed by atoms with van der Waals surface area (Å²) in [5.41, 5.74) is -0.279. The molecule has 2 aromatic heterocycles. The summed E-state index contributed by atoms with van der Waals surface area (Å²) < 4.78 is 12.2. The van der Waals surface area contributed by atoms with Crippen LogP contribution in [0, 0.1) is 0 Å². The molecule has 1 aliphatic rings. The van der Waals surface area contributed by atoms with Gasteiger partial charge < -0.3 is 24.4 Å². The summed E-state index contributed by atoms with van der Waals surface area (Å²) in [5, 5.41) is 13.3. The molecular formula is C17H23N5O5. The third-order valence-corrected chi connectivity index (χ3v) is 4.12. The largest absolute Gasteiger partial charge is 0.491 e. The summed E-state index contributed by atoms with van der Waals surface area (Å²) in [6.07, 6.45) is 2.51. The maximum absolute atomic E-state index is 12.2. The summed E-state index contributed by atoms with van der Waals surface area (Å²) in [4.78, 5) is 31.6. The highest BCUT2D eigenvalue weighted by Crippen LogP contribution is 2.28. The van der Waals surface area contributed by atoms with Gasteiger partial charge in [0.25, 0.3) is 0 Å². The molecule has 1 aliphatic heterocycles. The van der Waals surface area contributed by atoms with Gasteiger partial charge in [-0.25, -0.2) is 19.1 Å². The Morgan fingerprint density at radius 2 is 1.85 bits per heavy atom. The molecule has 0 spiro atoms. The minimum atomic E-state index is -1.09. The molecule has 0 aliphatic carbocycles. The van der Waals surface area contributed by atoms with Crippen LogP contribution in [0.1, 0.15) is 31.1 Å². The average molecular weight is 377 g/mol. The van der Waals surface area contributed by atoms with E-state index in [9.17, 15) is 14.7 Å². The number of methoxy groups -OCH3 is 1. The molecular weight excluding hydrogens is 354 g/mol. The van der Waals surface area contributed by atoms with Crippen LogP contribution >= 0.6 is 0 Å². The van der Waals surface area contributed by atoms with Gasteiger partial charge in [0, 0.05) is 26.2 Å². The third kappa shape index (κ3) is 3.88. The average Bonchev–Trinajstić information content (AvgIpc) is 3.02. The SMILES string of the molecule is COc1cn2ncc(C(=O)O)c2nc1N1CCN(C(=O)OC(C)(C)C)CC1. The van der Waals surface area contributed by atoms with E-state index in [0.717, 1.165) is 0 Å². The first-order chi connectivity index (χ1) is 12.7. The molecule has 3 rings (SSSR count). The molecule has 0 aromatic carbocycles. The number of ether oxygens (including phenoxy) is 2. The van der Waals surface area contributed by atoms with Crippen molar-refractivity contribution < 1.29 is 24.2 Å². The number of carbonyl (C=O) groups is 2. The first-order valence-electron chi connectivity index (χ1n) is 8.58. The molecule has 0 bridgehead atoms. The van der Waals surface area contributed by atoms with Crippen molar-refractivity contribution in [2.75, 3.05) is 38.2 Å². The Bertz CT molecular complexity index is 864. The monoisotopic (exact) mass is 377 g/mol. The zero-order valence-electron chi connectivity index (χ0n) is 15.8. The number of hydrogen-bond acceptors (Lipinski definition) is 7. The lowest BCUT2D eigenvalue weighted by atomic mass is 10.2. The molecule has 10 heteroatoms. The van der Waals surface area contributed by atoms with Crippen molar-refractivity contribution in [3.63, 3.8) is 0 Å². The minimum absolute atomic E-state index is 0.0197. The van der Waals surface area contributed by atoms with Crippen LogP contribution in [0.4, 0.5) is 10.6 Å². The number of hydrogen-bond donors (Lipinski definition) is 1. The molecule has 10 nitrogen and oxygen atoms in total. The van der Waals surface area contributed by atoms with E-state index in [2.05, 4.69) is 10.1 Å². The van der Waals surface area contributed by atoms with E-state index in [1.54, 1.807) is 11.1 Å². The van der Waals surface area contributed by atoms with E-state index in [0.29, 0.717) is 37.7 Å². The Labute approximate surface area is 156 Å². The van der Waals surface area contributed by atoms with Gasteiger partial charge in [0.2, 0.25) is 0 Å². The van der Waals surface area contributed by atoms with Crippen LogP contribution < -0.4 is 9.64 Å². The fraction of sp³-hybridized carbons (Fsp3) is 0.529. The van der Waals surface area contributed by atoms with Crippen molar-refractivity contribution in [1.29, 1.82) is 0 Å². The summed E-state index contributed by atoms with van der Waals surface area (Å²) in [6.45, 7) is 7.47. The first-order valence-corrected chi connectivity index (χ1v) is 8.58. The Hall–Kier alpha value is -3.04. The van der Waals surface area contributed by atoms with E-state index in [4.69, 9.17) is 9.47 Å². The molecule has 0 atom stereocenters. The van der Waals surface area contributed by atoms with Crippen molar-refractivity contribution in [2.24, 2.45) is 0 Å². The number of carboxylic acid groups (broad SMARTS) is 1. The molecule has 27 heavy (non-hydrogen) atoms. The van der Waals surface area contributed by atoms with Gasteiger partial charge in [0.05, 0.1) is 19.5 Å². The van der Waals surface area contributed by atoms with Crippen LogP contribution in [0.5, 0.6) is 5.75 Å². The molecule has 0 saturated carbocycles. The summed E-state index contributed by atoms with van der Waals surface area (Å²) in [6, 6.07) is 0. The number of anilines is 1. The maximum Gasteiger partial charge on any atom is 0.410 e. The number of rotatable bonds is 3. The highest BCUT2D eigenvalue weighted by molar-refractivity contribution is 5.94. The molecule has 1 amide bonds. The second-order valence-electron chi connectivity index (χ2n) is 7.22. The number of piperazine rings is 1. The Morgan fingerprint density at radius 1 is 1.19 bits per heavy atom. The summed E-state index contributed by atoms with van der Waals surface area (Å²) >= 11 is 0. The fourth-order valence-corrected chi connectivity index (χ4v) is 2.83. The number of carboxylic acids is 1. The number of amides is 1. The maximum atomic E-state index is 12.2. The molecule has 3 heterocycles. The lowest BCUT2D eigenvalue weighted by Gasteiger charge is -2.36. The molecule has 1 fully saturated rings. The van der Waals surface area contributed by atoms with Crippen LogP contribution in [0.3, 0.4) is 0 Å². The van der Waals surface area contributed by atoms with Gasteiger partial charge in [-0.2, -0.15) is 5.10 Å². The van der Waals surface area contributed by atoms with Crippen molar-refractivity contribution in [3.05, 3.63) is 18.0 Å². The topological polar surface area (TPSA) is 109 Å². The lowest BCUT2D eigenvalue weighted by Crippen LogP contribution is -2.50.